The number of carbonyl (C=O) groups is 1. The molecule has 1 aliphatic heterocycles. The molecule has 0 aliphatic carbocycles. The monoisotopic (exact) mass is 428 g/mol. The van der Waals surface area contributed by atoms with Crippen LogP contribution < -0.4 is 10.2 Å². The summed E-state index contributed by atoms with van der Waals surface area (Å²) >= 11 is 1.51. The maximum atomic E-state index is 13.1. The first-order valence-corrected chi connectivity index (χ1v) is 10.8. The van der Waals surface area contributed by atoms with Gasteiger partial charge in [0, 0.05) is 37.3 Å². The van der Waals surface area contributed by atoms with Gasteiger partial charge in [0.05, 0.1) is 28.8 Å². The molecule has 1 aliphatic rings. The minimum absolute atomic E-state index is 0.120. The normalized spacial score (nSPS) is 14.2. The van der Waals surface area contributed by atoms with E-state index in [1.807, 2.05) is 19.9 Å². The van der Waals surface area contributed by atoms with Gasteiger partial charge in [0.2, 0.25) is 0 Å². The minimum Gasteiger partial charge on any atom is -0.378 e. The number of morpholine rings is 1. The summed E-state index contributed by atoms with van der Waals surface area (Å²) in [4.78, 5) is 15.8. The molecular formula is C22H25FN4O2S. The van der Waals surface area contributed by atoms with E-state index in [1.165, 1.54) is 29.0 Å². The van der Waals surface area contributed by atoms with Gasteiger partial charge in [-0.2, -0.15) is 5.10 Å². The predicted molar refractivity (Wildman–Crippen MR) is 116 cm³/mol. The molecule has 30 heavy (non-hydrogen) atoms. The van der Waals surface area contributed by atoms with Crippen molar-refractivity contribution >= 4 is 22.2 Å². The number of anilines is 1. The minimum atomic E-state index is -0.284. The van der Waals surface area contributed by atoms with E-state index in [2.05, 4.69) is 20.4 Å². The lowest BCUT2D eigenvalue weighted by atomic mass is 10.0. The van der Waals surface area contributed by atoms with Crippen LogP contribution in [-0.4, -0.2) is 42.4 Å². The fourth-order valence-electron chi connectivity index (χ4n) is 3.59. The molecule has 3 heterocycles. The Kier molecular flexibility index (Phi) is 6.15. The number of halogens is 1. The van der Waals surface area contributed by atoms with E-state index in [-0.39, 0.29) is 11.7 Å². The Hall–Kier alpha value is -2.71. The summed E-state index contributed by atoms with van der Waals surface area (Å²) < 4.78 is 18.6. The number of hydrogen-bond acceptors (Lipinski definition) is 5. The zero-order valence-corrected chi connectivity index (χ0v) is 17.9. The molecule has 0 radical (unpaired) electrons. The Bertz CT molecular complexity index is 1000. The van der Waals surface area contributed by atoms with E-state index in [0.29, 0.717) is 24.6 Å². The van der Waals surface area contributed by atoms with E-state index in [4.69, 9.17) is 4.74 Å². The summed E-state index contributed by atoms with van der Waals surface area (Å²) in [5.74, 6) is -0.404. The van der Waals surface area contributed by atoms with Crippen molar-refractivity contribution in [3.05, 3.63) is 69.1 Å². The Labute approximate surface area is 179 Å². The second-order valence-electron chi connectivity index (χ2n) is 7.44. The quantitative estimate of drug-likeness (QED) is 0.630. The van der Waals surface area contributed by atoms with Crippen molar-refractivity contribution in [2.45, 2.75) is 26.8 Å². The Morgan fingerprint density at radius 1 is 1.27 bits per heavy atom. The molecule has 0 bridgehead atoms. The number of aromatic amines is 1. The first-order chi connectivity index (χ1) is 14.5. The average molecular weight is 429 g/mol. The molecule has 1 amide bonds. The van der Waals surface area contributed by atoms with Crippen molar-refractivity contribution in [3.8, 4) is 0 Å². The van der Waals surface area contributed by atoms with Crippen LogP contribution in [0.5, 0.6) is 0 Å². The molecule has 8 heteroatoms. The van der Waals surface area contributed by atoms with Gasteiger partial charge in [-0.1, -0.05) is 12.1 Å². The summed E-state index contributed by atoms with van der Waals surface area (Å²) in [6, 6.07) is 8.15. The number of thiophene rings is 1. The highest BCUT2D eigenvalue weighted by Gasteiger charge is 2.22. The number of nitrogens with zero attached hydrogens (tertiary/aromatic N) is 2. The van der Waals surface area contributed by atoms with Crippen LogP contribution in [0.3, 0.4) is 0 Å². The standard InChI is InChI=1S/C22H25FN4O2S/c1-14-19(15(2)26-25-14)11-17-12-20(30-22(17)27-7-9-29-10-8-27)21(28)24-13-16-3-5-18(23)6-4-16/h3-6,12H,7-11,13H2,1-2H3,(H,24,28)(H,25,26). The highest BCUT2D eigenvalue weighted by atomic mass is 32.1. The summed E-state index contributed by atoms with van der Waals surface area (Å²) in [6.07, 6.45) is 0.725. The van der Waals surface area contributed by atoms with Crippen molar-refractivity contribution in [2.24, 2.45) is 0 Å². The topological polar surface area (TPSA) is 70.2 Å². The number of amides is 1. The fraction of sp³-hybridized carbons (Fsp3) is 0.364. The molecule has 3 aromatic rings. The van der Waals surface area contributed by atoms with Gasteiger partial charge in [-0.3, -0.25) is 9.89 Å². The number of benzene rings is 1. The number of aryl methyl sites for hydroxylation is 2. The zero-order valence-electron chi connectivity index (χ0n) is 17.1. The molecule has 1 aromatic carbocycles. The third kappa shape index (κ3) is 4.55. The van der Waals surface area contributed by atoms with Gasteiger partial charge < -0.3 is 15.0 Å². The lowest BCUT2D eigenvalue weighted by Gasteiger charge is -2.28. The van der Waals surface area contributed by atoms with Crippen LogP contribution in [0.25, 0.3) is 0 Å². The lowest BCUT2D eigenvalue weighted by molar-refractivity contribution is 0.0955. The number of nitrogens with one attached hydrogen (secondary N) is 2. The zero-order chi connectivity index (χ0) is 21.1. The second-order valence-corrected chi connectivity index (χ2v) is 8.47. The molecule has 2 aromatic heterocycles. The first-order valence-electron chi connectivity index (χ1n) is 9.99. The second kappa shape index (κ2) is 8.97. The van der Waals surface area contributed by atoms with Crippen molar-refractivity contribution in [1.29, 1.82) is 0 Å². The molecule has 0 atom stereocenters. The van der Waals surface area contributed by atoms with Crippen LogP contribution in [0, 0.1) is 19.7 Å². The van der Waals surface area contributed by atoms with E-state index in [1.54, 1.807) is 12.1 Å². The summed E-state index contributed by atoms with van der Waals surface area (Å²) in [5.41, 5.74) is 5.18. The number of rotatable bonds is 6. The fourth-order valence-corrected chi connectivity index (χ4v) is 4.74. The third-order valence-electron chi connectivity index (χ3n) is 5.32. The van der Waals surface area contributed by atoms with E-state index >= 15 is 0 Å². The van der Waals surface area contributed by atoms with E-state index in [9.17, 15) is 9.18 Å². The van der Waals surface area contributed by atoms with E-state index < -0.39 is 0 Å². The van der Waals surface area contributed by atoms with Crippen molar-refractivity contribution < 1.29 is 13.9 Å². The van der Waals surface area contributed by atoms with E-state index in [0.717, 1.165) is 47.0 Å². The van der Waals surface area contributed by atoms with Gasteiger partial charge in [0.1, 0.15) is 5.82 Å². The molecule has 0 unspecified atom stereocenters. The van der Waals surface area contributed by atoms with Crippen molar-refractivity contribution in [1.82, 2.24) is 15.5 Å². The van der Waals surface area contributed by atoms with Crippen LogP contribution in [-0.2, 0) is 17.7 Å². The molecule has 0 spiro atoms. The maximum Gasteiger partial charge on any atom is 0.261 e. The van der Waals surface area contributed by atoms with Crippen molar-refractivity contribution in [2.75, 3.05) is 31.2 Å². The largest absolute Gasteiger partial charge is 0.378 e. The van der Waals surface area contributed by atoms with Crippen LogP contribution in [0.4, 0.5) is 9.39 Å². The molecule has 6 nitrogen and oxygen atoms in total. The van der Waals surface area contributed by atoms with Gasteiger partial charge >= 0.3 is 0 Å². The number of hydrogen-bond donors (Lipinski definition) is 2. The average Bonchev–Trinajstić information content (AvgIpc) is 3.33. The molecule has 2 N–H and O–H groups in total. The summed E-state index contributed by atoms with van der Waals surface area (Å²) in [6.45, 7) is 7.38. The molecular weight excluding hydrogens is 403 g/mol. The van der Waals surface area contributed by atoms with Crippen LogP contribution in [0.15, 0.2) is 30.3 Å². The SMILES string of the molecule is Cc1n[nH]c(C)c1Cc1cc(C(=O)NCc2ccc(F)cc2)sc1N1CCOCC1. The van der Waals surface area contributed by atoms with Gasteiger partial charge in [0.25, 0.3) is 5.91 Å². The Balaban J connectivity index is 1.55. The van der Waals surface area contributed by atoms with Crippen LogP contribution in [0.2, 0.25) is 0 Å². The van der Waals surface area contributed by atoms with Crippen molar-refractivity contribution in [3.63, 3.8) is 0 Å². The number of aromatic nitrogens is 2. The third-order valence-corrected chi connectivity index (χ3v) is 6.56. The van der Waals surface area contributed by atoms with Gasteiger partial charge in [-0.25, -0.2) is 4.39 Å². The molecule has 1 saturated heterocycles. The first kappa shape index (κ1) is 20.6. The number of carbonyl (C=O) groups excluding carboxylic acids is 1. The lowest BCUT2D eigenvalue weighted by Crippen LogP contribution is -2.36. The summed E-state index contributed by atoms with van der Waals surface area (Å²) in [7, 11) is 0. The molecule has 0 saturated carbocycles. The molecule has 4 rings (SSSR count). The Morgan fingerprint density at radius 2 is 2.00 bits per heavy atom. The number of H-pyrrole nitrogens is 1. The molecule has 158 valence electrons. The van der Waals surface area contributed by atoms with Gasteiger partial charge in [0.15, 0.2) is 0 Å². The van der Waals surface area contributed by atoms with Gasteiger partial charge in [-0.15, -0.1) is 11.3 Å². The molecule has 1 fully saturated rings. The number of ether oxygens (including phenoxy) is 1. The van der Waals surface area contributed by atoms with Crippen LogP contribution in [0.1, 0.15) is 37.7 Å². The van der Waals surface area contributed by atoms with Crippen LogP contribution >= 0.6 is 11.3 Å². The van der Waals surface area contributed by atoms with Gasteiger partial charge in [-0.05, 0) is 43.2 Å². The Morgan fingerprint density at radius 3 is 2.67 bits per heavy atom. The maximum absolute atomic E-state index is 13.1. The highest BCUT2D eigenvalue weighted by Crippen LogP contribution is 2.34. The predicted octanol–water partition coefficient (Wildman–Crippen LogP) is 3.58. The highest BCUT2D eigenvalue weighted by molar-refractivity contribution is 7.18. The smallest absolute Gasteiger partial charge is 0.261 e. The summed E-state index contributed by atoms with van der Waals surface area (Å²) in [5, 5.41) is 11.4.